The minimum absolute atomic E-state index is 0.0131. The molecule has 2 aliphatic heterocycles. The van der Waals surface area contributed by atoms with E-state index in [2.05, 4.69) is 51.9 Å². The summed E-state index contributed by atoms with van der Waals surface area (Å²) in [6.45, 7) is 4.69. The molecule has 0 saturated carbocycles. The number of nitrogens with zero attached hydrogens (tertiary/aromatic N) is 2. The Morgan fingerprint density at radius 2 is 1.43 bits per heavy atom. The van der Waals surface area contributed by atoms with Crippen LogP contribution < -0.4 is 14.2 Å². The van der Waals surface area contributed by atoms with Crippen LogP contribution in [0.2, 0.25) is 0 Å². The van der Waals surface area contributed by atoms with Crippen molar-refractivity contribution in [1.82, 2.24) is 9.47 Å². The molecule has 1 aromatic heterocycles. The second-order valence-corrected chi connectivity index (χ2v) is 11.7. The van der Waals surface area contributed by atoms with Crippen molar-refractivity contribution in [1.29, 1.82) is 0 Å². The number of aromatic nitrogens is 1. The van der Waals surface area contributed by atoms with Gasteiger partial charge in [-0.2, -0.15) is 0 Å². The molecule has 0 atom stereocenters. The monoisotopic (exact) mass is 586 g/mol. The first-order chi connectivity index (χ1) is 21.6. The number of carbonyl (C=O) groups is 1. The maximum Gasteiger partial charge on any atom is 0.195 e. The van der Waals surface area contributed by atoms with E-state index in [1.54, 1.807) is 14.2 Å². The lowest BCUT2D eigenvalue weighted by atomic mass is 9.92. The number of benzene rings is 4. The number of methoxy groups -OCH3 is 2. The van der Waals surface area contributed by atoms with Crippen molar-refractivity contribution in [2.24, 2.45) is 0 Å². The van der Waals surface area contributed by atoms with E-state index in [0.29, 0.717) is 12.2 Å². The van der Waals surface area contributed by atoms with Gasteiger partial charge in [-0.1, -0.05) is 24.6 Å². The average molecular weight is 587 g/mol. The number of hydrogen-bond acceptors (Lipinski definition) is 5. The molecule has 1 fully saturated rings. The van der Waals surface area contributed by atoms with E-state index in [1.165, 1.54) is 24.8 Å². The van der Waals surface area contributed by atoms with E-state index in [4.69, 9.17) is 14.2 Å². The van der Waals surface area contributed by atoms with E-state index >= 15 is 0 Å². The highest BCUT2D eigenvalue weighted by atomic mass is 16.5. The zero-order valence-corrected chi connectivity index (χ0v) is 25.5. The van der Waals surface area contributed by atoms with Gasteiger partial charge in [0.25, 0.3) is 0 Å². The molecule has 5 aromatic rings. The van der Waals surface area contributed by atoms with Crippen molar-refractivity contribution in [2.75, 3.05) is 40.5 Å². The maximum atomic E-state index is 14.5. The molecular formula is C38H38N2O4. The maximum absolute atomic E-state index is 14.5. The number of piperidine rings is 1. The lowest BCUT2D eigenvalue weighted by Crippen LogP contribution is -2.33. The fourth-order valence-corrected chi connectivity index (χ4v) is 6.75. The van der Waals surface area contributed by atoms with Gasteiger partial charge in [-0.15, -0.1) is 0 Å². The summed E-state index contributed by atoms with van der Waals surface area (Å²) in [4.78, 5) is 17.0. The number of likely N-dealkylation sites (tertiary alicyclic amines) is 1. The van der Waals surface area contributed by atoms with Crippen LogP contribution in [-0.4, -0.2) is 55.7 Å². The van der Waals surface area contributed by atoms with Gasteiger partial charge in [-0.3, -0.25) is 9.69 Å². The van der Waals surface area contributed by atoms with Crippen molar-refractivity contribution >= 4 is 16.7 Å². The molecule has 2 aliphatic rings. The van der Waals surface area contributed by atoms with Crippen LogP contribution in [0.4, 0.5) is 0 Å². The number of rotatable bonds is 9. The highest BCUT2D eigenvalue weighted by molar-refractivity contribution is 6.21. The Kier molecular flexibility index (Phi) is 7.84. The van der Waals surface area contributed by atoms with Crippen molar-refractivity contribution in [2.45, 2.75) is 32.2 Å². The topological polar surface area (TPSA) is 52.9 Å². The van der Waals surface area contributed by atoms with Crippen LogP contribution in [0.5, 0.6) is 17.2 Å². The van der Waals surface area contributed by atoms with Crippen LogP contribution in [0.3, 0.4) is 0 Å². The summed E-state index contributed by atoms with van der Waals surface area (Å²) in [5.41, 5.74) is 7.85. The van der Waals surface area contributed by atoms with E-state index in [-0.39, 0.29) is 5.78 Å². The molecular weight excluding hydrogens is 548 g/mol. The van der Waals surface area contributed by atoms with Crippen LogP contribution >= 0.6 is 0 Å². The highest BCUT2D eigenvalue weighted by Crippen LogP contribution is 2.42. The summed E-state index contributed by atoms with van der Waals surface area (Å²) >= 11 is 0. The van der Waals surface area contributed by atoms with Crippen LogP contribution in [0, 0.1) is 0 Å². The van der Waals surface area contributed by atoms with Gasteiger partial charge in [0.1, 0.15) is 23.9 Å². The van der Waals surface area contributed by atoms with Gasteiger partial charge in [0.2, 0.25) is 0 Å². The summed E-state index contributed by atoms with van der Waals surface area (Å²) in [6, 6.07) is 28.4. The second kappa shape index (κ2) is 12.2. The highest BCUT2D eigenvalue weighted by Gasteiger charge is 2.29. The van der Waals surface area contributed by atoms with Gasteiger partial charge < -0.3 is 18.8 Å². The van der Waals surface area contributed by atoms with Gasteiger partial charge in [0.05, 0.1) is 25.5 Å². The number of carbonyl (C=O) groups excluding carboxylic acids is 1. The standard InChI is InChI=1S/C38H38N2O4/c1-42-30-11-6-26(7-12-30)28-10-17-35-34(25-28)36(37-33-16-15-32(43-2)24-29(33)18-21-40(35)37)38(41)27-8-13-31(14-9-27)44-23-22-39-19-4-3-5-20-39/h6-17,24-25H,3-5,18-23H2,1-2H3. The van der Waals surface area contributed by atoms with Gasteiger partial charge in [0.15, 0.2) is 5.78 Å². The molecule has 0 bridgehead atoms. The molecule has 4 aromatic carbocycles. The van der Waals surface area contributed by atoms with E-state index < -0.39 is 0 Å². The zero-order valence-electron chi connectivity index (χ0n) is 25.5. The Hall–Kier alpha value is -4.55. The predicted molar refractivity (Wildman–Crippen MR) is 175 cm³/mol. The summed E-state index contributed by atoms with van der Waals surface area (Å²) < 4.78 is 19.3. The molecule has 3 heterocycles. The summed E-state index contributed by atoms with van der Waals surface area (Å²) in [5, 5.41) is 0.962. The van der Waals surface area contributed by atoms with Crippen LogP contribution in [-0.2, 0) is 13.0 Å². The van der Waals surface area contributed by atoms with Crippen molar-refractivity contribution in [3.63, 3.8) is 0 Å². The van der Waals surface area contributed by atoms with Crippen molar-refractivity contribution < 1.29 is 19.0 Å². The number of ether oxygens (including phenoxy) is 3. The first kappa shape index (κ1) is 28.2. The fraction of sp³-hybridized carbons (Fsp3) is 0.289. The third-order valence-electron chi connectivity index (χ3n) is 9.13. The largest absolute Gasteiger partial charge is 0.497 e. The van der Waals surface area contributed by atoms with Crippen molar-refractivity contribution in [3.05, 3.63) is 102 Å². The molecule has 0 spiro atoms. The number of hydrogen-bond donors (Lipinski definition) is 0. The first-order valence-corrected chi connectivity index (χ1v) is 15.6. The fourth-order valence-electron chi connectivity index (χ4n) is 6.75. The lowest BCUT2D eigenvalue weighted by Gasteiger charge is -2.26. The van der Waals surface area contributed by atoms with Crippen molar-refractivity contribution in [3.8, 4) is 39.6 Å². The van der Waals surface area contributed by atoms with Gasteiger partial charge in [0, 0.05) is 35.1 Å². The van der Waals surface area contributed by atoms with Gasteiger partial charge >= 0.3 is 0 Å². The molecule has 0 amide bonds. The molecule has 0 N–H and O–H groups in total. The normalized spacial score (nSPS) is 14.6. The van der Waals surface area contributed by atoms with Crippen LogP contribution in [0.25, 0.3) is 33.3 Å². The molecule has 0 aliphatic carbocycles. The SMILES string of the molecule is COc1ccc(-c2ccc3c(c2)c(C(=O)c2ccc(OCCN4CCCCC4)cc2)c2n3CCc3cc(OC)ccc3-2)cc1. The number of ketones is 1. The van der Waals surface area contributed by atoms with Crippen LogP contribution in [0.15, 0.2) is 84.9 Å². The minimum atomic E-state index is 0.0131. The smallest absolute Gasteiger partial charge is 0.195 e. The summed E-state index contributed by atoms with van der Waals surface area (Å²) in [5.74, 6) is 2.45. The zero-order chi connectivity index (χ0) is 30.0. The Bertz CT molecular complexity index is 1800. The van der Waals surface area contributed by atoms with E-state index in [0.717, 1.165) is 88.7 Å². The summed E-state index contributed by atoms with van der Waals surface area (Å²) in [6.07, 6.45) is 4.75. The second-order valence-electron chi connectivity index (χ2n) is 11.7. The predicted octanol–water partition coefficient (Wildman–Crippen LogP) is 7.64. The molecule has 0 unspecified atom stereocenters. The first-order valence-electron chi connectivity index (χ1n) is 15.6. The Labute approximate surface area is 258 Å². The third-order valence-corrected chi connectivity index (χ3v) is 9.13. The quantitative estimate of drug-likeness (QED) is 0.166. The van der Waals surface area contributed by atoms with E-state index in [1.807, 2.05) is 42.5 Å². The molecule has 7 rings (SSSR count). The third kappa shape index (κ3) is 5.35. The minimum Gasteiger partial charge on any atom is -0.497 e. The molecule has 0 radical (unpaired) electrons. The summed E-state index contributed by atoms with van der Waals surface area (Å²) in [7, 11) is 3.37. The molecule has 44 heavy (non-hydrogen) atoms. The van der Waals surface area contributed by atoms with Gasteiger partial charge in [-0.05, 0) is 116 Å². The average Bonchev–Trinajstić information content (AvgIpc) is 3.42. The van der Waals surface area contributed by atoms with E-state index in [9.17, 15) is 4.79 Å². The van der Waals surface area contributed by atoms with Gasteiger partial charge in [-0.25, -0.2) is 0 Å². The number of aryl methyl sites for hydroxylation is 2. The molecule has 1 saturated heterocycles. The number of fused-ring (bicyclic) bond motifs is 5. The Morgan fingerprint density at radius 1 is 0.727 bits per heavy atom. The molecule has 6 heteroatoms. The lowest BCUT2D eigenvalue weighted by molar-refractivity contribution is 0.104. The molecule has 6 nitrogen and oxygen atoms in total. The van der Waals surface area contributed by atoms with Crippen LogP contribution in [0.1, 0.15) is 40.7 Å². The Balaban J connectivity index is 1.26. The Morgan fingerprint density at radius 3 is 2.18 bits per heavy atom. The molecule has 224 valence electrons.